The number of hydrogen-bond acceptors (Lipinski definition) is 5. The highest BCUT2D eigenvalue weighted by atomic mass is 79.9. The number of methoxy groups -OCH3 is 2. The zero-order valence-electron chi connectivity index (χ0n) is 12.6. The minimum atomic E-state index is 0.153. The molecule has 0 saturated carbocycles. The van der Waals surface area contributed by atoms with Gasteiger partial charge in [0.05, 0.1) is 24.8 Å². The maximum Gasteiger partial charge on any atom is 0.221 e. The van der Waals surface area contributed by atoms with Gasteiger partial charge in [0.25, 0.3) is 0 Å². The average molecular weight is 368 g/mol. The van der Waals surface area contributed by atoms with E-state index in [1.807, 2.05) is 12.1 Å². The molecule has 0 bridgehead atoms. The largest absolute Gasteiger partial charge is 0.493 e. The number of fused-ring (bicyclic) bond motifs is 1. The molecule has 1 aromatic carbocycles. The highest BCUT2D eigenvalue weighted by Crippen LogP contribution is 2.43. The second-order valence-corrected chi connectivity index (χ2v) is 5.88. The molecular weight excluding hydrogens is 350 g/mol. The van der Waals surface area contributed by atoms with Crippen LogP contribution in [0.25, 0.3) is 10.8 Å². The predicted octanol–water partition coefficient (Wildman–Crippen LogP) is 3.57. The van der Waals surface area contributed by atoms with Crippen LogP contribution in [0, 0.1) is 0 Å². The maximum absolute atomic E-state index is 5.88. The summed E-state index contributed by atoms with van der Waals surface area (Å²) in [4.78, 5) is 4.34. The lowest BCUT2D eigenvalue weighted by molar-refractivity contribution is 0.0669. The molecule has 0 amide bonds. The van der Waals surface area contributed by atoms with Gasteiger partial charge in [-0.15, -0.1) is 0 Å². The van der Waals surface area contributed by atoms with Crippen LogP contribution in [0.1, 0.15) is 12.8 Å². The van der Waals surface area contributed by atoms with Crippen molar-refractivity contribution < 1.29 is 18.9 Å². The fourth-order valence-electron chi connectivity index (χ4n) is 2.62. The van der Waals surface area contributed by atoms with Gasteiger partial charge in [-0.3, -0.25) is 0 Å². The Morgan fingerprint density at radius 1 is 1.32 bits per heavy atom. The van der Waals surface area contributed by atoms with E-state index in [0.29, 0.717) is 24.0 Å². The third-order valence-corrected chi connectivity index (χ3v) is 4.53. The maximum atomic E-state index is 5.88. The molecule has 0 N–H and O–H groups in total. The van der Waals surface area contributed by atoms with Gasteiger partial charge in [-0.1, -0.05) is 0 Å². The molecule has 1 aliphatic rings. The quantitative estimate of drug-likeness (QED) is 0.808. The summed E-state index contributed by atoms with van der Waals surface area (Å²) in [5.74, 6) is 1.87. The Balaban J connectivity index is 1.97. The lowest BCUT2D eigenvalue weighted by Crippen LogP contribution is -2.16. The lowest BCUT2D eigenvalue weighted by Gasteiger charge is -2.15. The molecule has 5 nitrogen and oxygen atoms in total. The summed E-state index contributed by atoms with van der Waals surface area (Å²) < 4.78 is 23.1. The Hall–Kier alpha value is -1.53. The molecule has 1 aliphatic heterocycles. The van der Waals surface area contributed by atoms with Gasteiger partial charge in [-0.05, 0) is 40.9 Å². The summed E-state index contributed by atoms with van der Waals surface area (Å²) in [7, 11) is 3.23. The number of nitrogens with zero attached hydrogens (tertiary/aromatic N) is 1. The Morgan fingerprint density at radius 3 is 2.86 bits per heavy atom. The molecule has 6 heteroatoms. The minimum Gasteiger partial charge on any atom is -0.493 e. The van der Waals surface area contributed by atoms with Crippen molar-refractivity contribution in [2.45, 2.75) is 18.9 Å². The Bertz CT molecular complexity index is 671. The first kappa shape index (κ1) is 15.4. The van der Waals surface area contributed by atoms with Gasteiger partial charge in [-0.2, -0.15) is 0 Å². The third-order valence-electron chi connectivity index (χ3n) is 3.74. The van der Waals surface area contributed by atoms with Gasteiger partial charge < -0.3 is 18.9 Å². The normalized spacial score (nSPS) is 17.7. The second-order valence-electron chi connectivity index (χ2n) is 5.08. The number of rotatable bonds is 5. The van der Waals surface area contributed by atoms with Gasteiger partial charge in [0, 0.05) is 23.6 Å². The summed E-state index contributed by atoms with van der Waals surface area (Å²) in [6, 6.07) is 3.80. The molecule has 2 heterocycles. The van der Waals surface area contributed by atoms with Crippen molar-refractivity contribution >= 4 is 26.7 Å². The van der Waals surface area contributed by atoms with Gasteiger partial charge in [-0.25, -0.2) is 4.98 Å². The van der Waals surface area contributed by atoms with E-state index in [1.165, 1.54) is 0 Å². The molecule has 1 aromatic heterocycles. The van der Waals surface area contributed by atoms with Crippen molar-refractivity contribution in [2.24, 2.45) is 0 Å². The van der Waals surface area contributed by atoms with Crippen LogP contribution in [-0.4, -0.2) is 38.5 Å². The van der Waals surface area contributed by atoms with E-state index in [-0.39, 0.29) is 6.10 Å². The van der Waals surface area contributed by atoms with E-state index >= 15 is 0 Å². The number of pyridine rings is 1. The van der Waals surface area contributed by atoms with Crippen LogP contribution in [0.15, 0.2) is 22.8 Å². The molecule has 0 aliphatic carbocycles. The van der Waals surface area contributed by atoms with E-state index in [1.54, 1.807) is 20.4 Å². The smallest absolute Gasteiger partial charge is 0.221 e. The Labute approximate surface area is 137 Å². The summed E-state index contributed by atoms with van der Waals surface area (Å²) in [5.41, 5.74) is 0. The standard InChI is InChI=1S/C16H18BrNO4/c1-19-13-8-12-11(14(17)15(13)20-2)5-6-18-16(12)22-9-10-4-3-7-21-10/h5-6,8,10H,3-4,7,9H2,1-2H3. The molecule has 1 fully saturated rings. The minimum absolute atomic E-state index is 0.153. The second kappa shape index (κ2) is 6.71. The lowest BCUT2D eigenvalue weighted by atomic mass is 10.1. The van der Waals surface area contributed by atoms with Crippen molar-refractivity contribution in [2.75, 3.05) is 27.4 Å². The monoisotopic (exact) mass is 367 g/mol. The number of hydrogen-bond donors (Lipinski definition) is 0. The summed E-state index contributed by atoms with van der Waals surface area (Å²) in [6.45, 7) is 1.33. The van der Waals surface area contributed by atoms with Crippen LogP contribution in [0.2, 0.25) is 0 Å². The van der Waals surface area contributed by atoms with E-state index in [9.17, 15) is 0 Å². The first-order chi connectivity index (χ1) is 10.7. The van der Waals surface area contributed by atoms with E-state index in [4.69, 9.17) is 18.9 Å². The number of aromatic nitrogens is 1. The molecule has 0 radical (unpaired) electrons. The zero-order valence-corrected chi connectivity index (χ0v) is 14.2. The van der Waals surface area contributed by atoms with Crippen LogP contribution in [0.5, 0.6) is 17.4 Å². The number of ether oxygens (including phenoxy) is 4. The topological polar surface area (TPSA) is 49.8 Å². The molecule has 1 atom stereocenters. The fourth-order valence-corrected chi connectivity index (χ4v) is 3.32. The molecule has 1 saturated heterocycles. The van der Waals surface area contributed by atoms with Crippen molar-refractivity contribution in [3.8, 4) is 17.4 Å². The Kier molecular flexibility index (Phi) is 4.69. The van der Waals surface area contributed by atoms with Gasteiger partial charge in [0.2, 0.25) is 5.88 Å². The zero-order chi connectivity index (χ0) is 15.5. The van der Waals surface area contributed by atoms with Crippen LogP contribution < -0.4 is 14.2 Å². The number of benzene rings is 1. The van der Waals surface area contributed by atoms with E-state index < -0.39 is 0 Å². The van der Waals surface area contributed by atoms with Crippen LogP contribution in [0.3, 0.4) is 0 Å². The van der Waals surface area contributed by atoms with Crippen molar-refractivity contribution in [1.29, 1.82) is 0 Å². The summed E-state index contributed by atoms with van der Waals surface area (Å²) in [6.07, 6.45) is 4.00. The van der Waals surface area contributed by atoms with Crippen molar-refractivity contribution in [3.63, 3.8) is 0 Å². The molecule has 22 heavy (non-hydrogen) atoms. The van der Waals surface area contributed by atoms with Crippen LogP contribution in [0.4, 0.5) is 0 Å². The SMILES string of the molecule is COc1cc2c(OCC3CCCO3)nccc2c(Br)c1OC. The first-order valence-corrected chi connectivity index (χ1v) is 7.97. The molecule has 0 spiro atoms. The first-order valence-electron chi connectivity index (χ1n) is 7.18. The third kappa shape index (κ3) is 2.85. The van der Waals surface area contributed by atoms with Gasteiger partial charge >= 0.3 is 0 Å². The van der Waals surface area contributed by atoms with Crippen molar-refractivity contribution in [1.82, 2.24) is 4.98 Å². The molecule has 2 aromatic rings. The number of halogens is 1. The summed E-state index contributed by atoms with van der Waals surface area (Å²) >= 11 is 3.57. The summed E-state index contributed by atoms with van der Waals surface area (Å²) in [5, 5.41) is 1.85. The van der Waals surface area contributed by atoms with Gasteiger partial charge in [0.1, 0.15) is 6.61 Å². The van der Waals surface area contributed by atoms with Crippen LogP contribution >= 0.6 is 15.9 Å². The Morgan fingerprint density at radius 2 is 2.18 bits per heavy atom. The van der Waals surface area contributed by atoms with Crippen LogP contribution in [-0.2, 0) is 4.74 Å². The molecule has 1 unspecified atom stereocenters. The molecule has 118 valence electrons. The molecular formula is C16H18BrNO4. The fraction of sp³-hybridized carbons (Fsp3) is 0.438. The highest BCUT2D eigenvalue weighted by Gasteiger charge is 2.19. The van der Waals surface area contributed by atoms with Crippen molar-refractivity contribution in [3.05, 3.63) is 22.8 Å². The average Bonchev–Trinajstić information content (AvgIpc) is 3.06. The van der Waals surface area contributed by atoms with E-state index in [2.05, 4.69) is 20.9 Å². The molecule has 3 rings (SSSR count). The predicted molar refractivity (Wildman–Crippen MR) is 87.0 cm³/mol. The highest BCUT2D eigenvalue weighted by molar-refractivity contribution is 9.10. The van der Waals surface area contributed by atoms with E-state index in [0.717, 1.165) is 34.7 Å². The van der Waals surface area contributed by atoms with Gasteiger partial charge in [0.15, 0.2) is 11.5 Å².